The Morgan fingerprint density at radius 1 is 1.08 bits per heavy atom. The van der Waals surface area contributed by atoms with Crippen LogP contribution in [0.1, 0.15) is 5.69 Å². The fourth-order valence-corrected chi connectivity index (χ4v) is 1.60. The monoisotopic (exact) mass is 270 g/mol. The summed E-state index contributed by atoms with van der Waals surface area (Å²) in [6.45, 7) is 1.99. The van der Waals surface area contributed by atoms with Gasteiger partial charge in [0.1, 0.15) is 3.70 Å². The fourth-order valence-electron chi connectivity index (χ4n) is 1.12. The maximum absolute atomic E-state index is 4.19. The van der Waals surface area contributed by atoms with Crippen molar-refractivity contribution in [2.24, 2.45) is 0 Å². The van der Waals surface area contributed by atoms with Gasteiger partial charge in [0, 0.05) is 23.5 Å². The SMILES string of the molecule is Cc1cc2cc(I)ncc2cn1. The van der Waals surface area contributed by atoms with Gasteiger partial charge in [-0.15, -0.1) is 0 Å². The summed E-state index contributed by atoms with van der Waals surface area (Å²) in [4.78, 5) is 8.38. The van der Waals surface area contributed by atoms with Crippen molar-refractivity contribution in [1.82, 2.24) is 9.97 Å². The molecule has 0 atom stereocenters. The second-order valence-electron chi connectivity index (χ2n) is 2.68. The van der Waals surface area contributed by atoms with Crippen LogP contribution in [0, 0.1) is 10.6 Å². The highest BCUT2D eigenvalue weighted by molar-refractivity contribution is 14.1. The van der Waals surface area contributed by atoms with Crippen molar-refractivity contribution in [3.8, 4) is 0 Å². The summed E-state index contributed by atoms with van der Waals surface area (Å²) in [7, 11) is 0. The van der Waals surface area contributed by atoms with Crippen LogP contribution in [0.25, 0.3) is 10.8 Å². The minimum absolute atomic E-state index is 1.02. The van der Waals surface area contributed by atoms with Crippen LogP contribution >= 0.6 is 22.6 Å². The molecule has 12 heavy (non-hydrogen) atoms. The summed E-state index contributed by atoms with van der Waals surface area (Å²) < 4.78 is 1.02. The molecule has 0 bridgehead atoms. The first kappa shape index (κ1) is 7.91. The molecule has 2 aromatic heterocycles. The molecule has 2 rings (SSSR count). The number of nitrogens with zero attached hydrogens (tertiary/aromatic N) is 2. The van der Waals surface area contributed by atoms with Crippen molar-refractivity contribution in [2.45, 2.75) is 6.92 Å². The first-order valence-corrected chi connectivity index (χ1v) is 4.71. The number of halogens is 1. The van der Waals surface area contributed by atoms with Crippen LogP contribution in [-0.4, -0.2) is 9.97 Å². The van der Waals surface area contributed by atoms with Gasteiger partial charge >= 0.3 is 0 Å². The normalized spacial score (nSPS) is 10.5. The van der Waals surface area contributed by atoms with Crippen LogP contribution in [0.5, 0.6) is 0 Å². The van der Waals surface area contributed by atoms with E-state index < -0.39 is 0 Å². The smallest absolute Gasteiger partial charge is 0.101 e. The molecule has 0 aromatic carbocycles. The van der Waals surface area contributed by atoms with Crippen molar-refractivity contribution in [3.05, 3.63) is 33.9 Å². The summed E-state index contributed by atoms with van der Waals surface area (Å²) in [5.74, 6) is 0. The van der Waals surface area contributed by atoms with Crippen LogP contribution < -0.4 is 0 Å². The third kappa shape index (κ3) is 1.41. The van der Waals surface area contributed by atoms with Crippen molar-refractivity contribution in [3.63, 3.8) is 0 Å². The van der Waals surface area contributed by atoms with Gasteiger partial charge in [0.05, 0.1) is 0 Å². The molecule has 0 radical (unpaired) electrons. The van der Waals surface area contributed by atoms with Gasteiger partial charge in [0.15, 0.2) is 0 Å². The van der Waals surface area contributed by atoms with E-state index in [4.69, 9.17) is 0 Å². The molecule has 0 fully saturated rings. The lowest BCUT2D eigenvalue weighted by Gasteiger charge is -1.97. The number of rotatable bonds is 0. The summed E-state index contributed by atoms with van der Waals surface area (Å²) >= 11 is 2.21. The number of aromatic nitrogens is 2. The Balaban J connectivity index is 2.80. The van der Waals surface area contributed by atoms with E-state index >= 15 is 0 Å². The molecule has 0 aliphatic carbocycles. The molecule has 2 heterocycles. The van der Waals surface area contributed by atoms with Gasteiger partial charge in [0.25, 0.3) is 0 Å². The fraction of sp³-hybridized carbons (Fsp3) is 0.111. The number of aryl methyl sites for hydroxylation is 1. The van der Waals surface area contributed by atoms with Crippen molar-refractivity contribution in [1.29, 1.82) is 0 Å². The minimum Gasteiger partial charge on any atom is -0.261 e. The van der Waals surface area contributed by atoms with Gasteiger partial charge in [-0.05, 0) is 47.0 Å². The zero-order valence-electron chi connectivity index (χ0n) is 6.58. The van der Waals surface area contributed by atoms with E-state index in [0.717, 1.165) is 14.8 Å². The molecule has 3 heteroatoms. The van der Waals surface area contributed by atoms with Crippen LogP contribution in [0.4, 0.5) is 0 Å². The molecule has 0 saturated heterocycles. The summed E-state index contributed by atoms with van der Waals surface area (Å²) in [6.07, 6.45) is 3.71. The van der Waals surface area contributed by atoms with E-state index in [0.29, 0.717) is 0 Å². The van der Waals surface area contributed by atoms with E-state index in [2.05, 4.69) is 44.7 Å². The Hall–Kier alpha value is -0.710. The molecular weight excluding hydrogens is 263 g/mol. The summed E-state index contributed by atoms with van der Waals surface area (Å²) in [6, 6.07) is 4.13. The highest BCUT2D eigenvalue weighted by Gasteiger charge is 1.95. The van der Waals surface area contributed by atoms with Gasteiger partial charge < -0.3 is 0 Å². The van der Waals surface area contributed by atoms with Crippen molar-refractivity contribution < 1.29 is 0 Å². The Bertz CT molecular complexity index is 389. The van der Waals surface area contributed by atoms with Crippen LogP contribution in [0.2, 0.25) is 0 Å². The average molecular weight is 270 g/mol. The van der Waals surface area contributed by atoms with Gasteiger partial charge in [-0.3, -0.25) is 4.98 Å². The van der Waals surface area contributed by atoms with Gasteiger partial charge in [-0.2, -0.15) is 0 Å². The summed E-state index contributed by atoms with van der Waals surface area (Å²) in [5, 5.41) is 2.31. The predicted octanol–water partition coefficient (Wildman–Crippen LogP) is 2.54. The highest BCUT2D eigenvalue weighted by Crippen LogP contribution is 2.14. The molecule has 2 aromatic rings. The van der Waals surface area contributed by atoms with Gasteiger partial charge in [-0.1, -0.05) is 0 Å². The maximum atomic E-state index is 4.19. The topological polar surface area (TPSA) is 25.8 Å². The van der Waals surface area contributed by atoms with Crippen molar-refractivity contribution >= 4 is 33.4 Å². The molecule has 0 N–H and O–H groups in total. The summed E-state index contributed by atoms with van der Waals surface area (Å²) in [5.41, 5.74) is 1.05. The van der Waals surface area contributed by atoms with E-state index in [-0.39, 0.29) is 0 Å². The molecule has 0 amide bonds. The van der Waals surface area contributed by atoms with E-state index in [1.807, 2.05) is 19.3 Å². The molecule has 0 saturated carbocycles. The third-order valence-corrected chi connectivity index (χ3v) is 2.30. The minimum atomic E-state index is 1.02. The van der Waals surface area contributed by atoms with Crippen molar-refractivity contribution in [2.75, 3.05) is 0 Å². The first-order valence-electron chi connectivity index (χ1n) is 3.63. The second-order valence-corrected chi connectivity index (χ2v) is 3.79. The average Bonchev–Trinajstić information content (AvgIpc) is 2.03. The quantitative estimate of drug-likeness (QED) is 0.543. The Morgan fingerprint density at radius 3 is 2.67 bits per heavy atom. The molecule has 60 valence electrons. The van der Waals surface area contributed by atoms with E-state index in [1.165, 1.54) is 5.39 Å². The van der Waals surface area contributed by atoms with Crippen LogP contribution in [-0.2, 0) is 0 Å². The molecule has 0 aliphatic heterocycles. The molecule has 2 nitrogen and oxygen atoms in total. The zero-order chi connectivity index (χ0) is 8.55. The Morgan fingerprint density at radius 2 is 1.83 bits per heavy atom. The predicted molar refractivity (Wildman–Crippen MR) is 57.0 cm³/mol. The van der Waals surface area contributed by atoms with Gasteiger partial charge in [0.2, 0.25) is 0 Å². The maximum Gasteiger partial charge on any atom is 0.101 e. The van der Waals surface area contributed by atoms with Gasteiger partial charge in [-0.25, -0.2) is 4.98 Å². The van der Waals surface area contributed by atoms with E-state index in [9.17, 15) is 0 Å². The highest BCUT2D eigenvalue weighted by atomic mass is 127. The lowest BCUT2D eigenvalue weighted by Crippen LogP contribution is -1.84. The molecule has 0 spiro atoms. The second kappa shape index (κ2) is 2.97. The van der Waals surface area contributed by atoms with Crippen LogP contribution in [0.3, 0.4) is 0 Å². The standard InChI is InChI=1S/C9H7IN2/c1-6-2-7-3-9(10)12-5-8(7)4-11-6/h2-5H,1H3. The number of hydrogen-bond donors (Lipinski definition) is 0. The first-order chi connectivity index (χ1) is 5.75. The third-order valence-electron chi connectivity index (χ3n) is 1.71. The lowest BCUT2D eigenvalue weighted by atomic mass is 10.2. The zero-order valence-corrected chi connectivity index (χ0v) is 8.74. The number of fused-ring (bicyclic) bond motifs is 1. The molecular formula is C9H7IN2. The molecule has 0 unspecified atom stereocenters. The largest absolute Gasteiger partial charge is 0.261 e. The Kier molecular flexibility index (Phi) is 1.96. The van der Waals surface area contributed by atoms with E-state index in [1.54, 1.807) is 0 Å². The number of hydrogen-bond acceptors (Lipinski definition) is 2. The molecule has 0 aliphatic rings. The Labute approximate surface area is 84.2 Å². The number of pyridine rings is 2. The van der Waals surface area contributed by atoms with Crippen LogP contribution in [0.15, 0.2) is 24.5 Å². The lowest BCUT2D eigenvalue weighted by molar-refractivity contribution is 1.21.